The van der Waals surface area contributed by atoms with E-state index in [0.717, 1.165) is 11.7 Å². The molecule has 1 aromatic heterocycles. The van der Waals surface area contributed by atoms with E-state index in [0.29, 0.717) is 0 Å². The quantitative estimate of drug-likeness (QED) is 0.816. The first-order valence-electron chi connectivity index (χ1n) is 4.55. The second-order valence-electron chi connectivity index (χ2n) is 3.59. The van der Waals surface area contributed by atoms with Gasteiger partial charge in [-0.05, 0) is 34.1 Å². The Labute approximate surface area is 88.7 Å². The lowest BCUT2D eigenvalue weighted by molar-refractivity contribution is 0.746. The Morgan fingerprint density at radius 2 is 2.23 bits per heavy atom. The van der Waals surface area contributed by atoms with E-state index < -0.39 is 0 Å². The minimum atomic E-state index is 0.218. The molecule has 0 aromatic carbocycles. The Balaban J connectivity index is 2.22. The number of hydrogen-bond donors (Lipinski definition) is 1. The molecule has 1 aromatic rings. The van der Waals surface area contributed by atoms with Crippen LogP contribution in [0.5, 0.6) is 0 Å². The third-order valence-electron chi connectivity index (χ3n) is 1.72. The zero-order chi connectivity index (χ0) is 9.68. The fourth-order valence-corrected chi connectivity index (χ4v) is 2.79. The van der Waals surface area contributed by atoms with Gasteiger partial charge >= 0.3 is 0 Å². The van der Waals surface area contributed by atoms with Crippen molar-refractivity contribution in [1.29, 1.82) is 0 Å². The number of thiophene rings is 1. The molecule has 0 aliphatic carbocycles. The van der Waals surface area contributed by atoms with Crippen molar-refractivity contribution in [3.63, 3.8) is 0 Å². The number of hydrogen-bond acceptors (Lipinski definition) is 3. The van der Waals surface area contributed by atoms with Crippen LogP contribution in [0.25, 0.3) is 0 Å². The van der Waals surface area contributed by atoms with Crippen LogP contribution in [0.15, 0.2) is 16.8 Å². The highest BCUT2D eigenvalue weighted by molar-refractivity contribution is 7.99. The molecule has 1 atom stereocenters. The van der Waals surface area contributed by atoms with Crippen molar-refractivity contribution < 1.29 is 0 Å². The van der Waals surface area contributed by atoms with E-state index in [1.54, 1.807) is 11.3 Å². The standard InChI is InChI=1S/C10H17NS2/c1-8(2)5-13-7-10(11)9-3-4-12-6-9/h3-4,6,8,10H,5,7,11H2,1-2H3. The molecule has 1 rings (SSSR count). The van der Waals surface area contributed by atoms with Gasteiger partial charge in [0.2, 0.25) is 0 Å². The maximum atomic E-state index is 6.01. The van der Waals surface area contributed by atoms with Gasteiger partial charge in [-0.25, -0.2) is 0 Å². The van der Waals surface area contributed by atoms with Gasteiger partial charge < -0.3 is 5.73 Å². The summed E-state index contributed by atoms with van der Waals surface area (Å²) in [6, 6.07) is 2.33. The van der Waals surface area contributed by atoms with Gasteiger partial charge in [0.15, 0.2) is 0 Å². The molecule has 74 valence electrons. The largest absolute Gasteiger partial charge is 0.323 e. The Hall–Kier alpha value is 0.01000. The molecule has 0 saturated heterocycles. The monoisotopic (exact) mass is 215 g/mol. The minimum Gasteiger partial charge on any atom is -0.323 e. The second kappa shape index (κ2) is 5.68. The maximum Gasteiger partial charge on any atom is 0.0395 e. The molecule has 0 spiro atoms. The predicted octanol–water partition coefficient (Wildman–Crippen LogP) is 3.14. The third kappa shape index (κ3) is 4.16. The first-order valence-corrected chi connectivity index (χ1v) is 6.65. The summed E-state index contributed by atoms with van der Waals surface area (Å²) in [5.41, 5.74) is 7.29. The molecule has 0 bridgehead atoms. The zero-order valence-electron chi connectivity index (χ0n) is 8.19. The molecule has 0 amide bonds. The number of nitrogens with two attached hydrogens (primary N) is 1. The summed E-state index contributed by atoms with van der Waals surface area (Å²) in [6.07, 6.45) is 0. The fourth-order valence-electron chi connectivity index (χ4n) is 1.01. The normalized spacial score (nSPS) is 13.5. The molecule has 1 nitrogen and oxygen atoms in total. The molecular weight excluding hydrogens is 198 g/mol. The minimum absolute atomic E-state index is 0.218. The van der Waals surface area contributed by atoms with Crippen LogP contribution in [0, 0.1) is 5.92 Å². The Kier molecular flexibility index (Phi) is 4.84. The summed E-state index contributed by atoms with van der Waals surface area (Å²) < 4.78 is 0. The fraction of sp³-hybridized carbons (Fsp3) is 0.600. The van der Waals surface area contributed by atoms with Gasteiger partial charge in [-0.15, -0.1) is 0 Å². The van der Waals surface area contributed by atoms with Crippen LogP contribution in [0.2, 0.25) is 0 Å². The third-order valence-corrected chi connectivity index (χ3v) is 3.92. The van der Waals surface area contributed by atoms with E-state index in [1.165, 1.54) is 11.3 Å². The zero-order valence-corrected chi connectivity index (χ0v) is 9.83. The van der Waals surface area contributed by atoms with Crippen molar-refractivity contribution in [2.75, 3.05) is 11.5 Å². The van der Waals surface area contributed by atoms with Gasteiger partial charge in [-0.3, -0.25) is 0 Å². The molecule has 0 radical (unpaired) electrons. The summed E-state index contributed by atoms with van der Waals surface area (Å²) in [5.74, 6) is 3.01. The average Bonchev–Trinajstić information content (AvgIpc) is 2.55. The average molecular weight is 215 g/mol. The molecule has 1 heterocycles. The van der Waals surface area contributed by atoms with Crippen LogP contribution in [0.1, 0.15) is 25.5 Å². The van der Waals surface area contributed by atoms with Gasteiger partial charge in [-0.1, -0.05) is 13.8 Å². The first-order chi connectivity index (χ1) is 6.20. The molecule has 2 N–H and O–H groups in total. The van der Waals surface area contributed by atoms with Crippen molar-refractivity contribution in [3.8, 4) is 0 Å². The van der Waals surface area contributed by atoms with Crippen LogP contribution in [-0.4, -0.2) is 11.5 Å². The maximum absolute atomic E-state index is 6.01. The van der Waals surface area contributed by atoms with E-state index in [1.807, 2.05) is 11.8 Å². The van der Waals surface area contributed by atoms with Crippen LogP contribution in [-0.2, 0) is 0 Å². The highest BCUT2D eigenvalue weighted by atomic mass is 32.2. The van der Waals surface area contributed by atoms with Crippen molar-refractivity contribution in [3.05, 3.63) is 22.4 Å². The molecule has 3 heteroatoms. The highest BCUT2D eigenvalue weighted by Crippen LogP contribution is 2.19. The summed E-state index contributed by atoms with van der Waals surface area (Å²) in [4.78, 5) is 0. The lowest BCUT2D eigenvalue weighted by Crippen LogP contribution is -2.12. The van der Waals surface area contributed by atoms with Crippen molar-refractivity contribution in [2.24, 2.45) is 11.7 Å². The van der Waals surface area contributed by atoms with Crippen LogP contribution < -0.4 is 5.73 Å². The first kappa shape index (κ1) is 11.1. The van der Waals surface area contributed by atoms with E-state index in [9.17, 15) is 0 Å². The van der Waals surface area contributed by atoms with Crippen molar-refractivity contribution >= 4 is 23.1 Å². The van der Waals surface area contributed by atoms with Crippen LogP contribution in [0.4, 0.5) is 0 Å². The summed E-state index contributed by atoms with van der Waals surface area (Å²) in [7, 11) is 0. The summed E-state index contributed by atoms with van der Waals surface area (Å²) in [6.45, 7) is 4.48. The van der Waals surface area contributed by atoms with E-state index >= 15 is 0 Å². The lowest BCUT2D eigenvalue weighted by atomic mass is 10.2. The van der Waals surface area contributed by atoms with E-state index in [-0.39, 0.29) is 6.04 Å². The molecule has 0 saturated carbocycles. The Bertz CT molecular complexity index is 219. The predicted molar refractivity (Wildman–Crippen MR) is 63.4 cm³/mol. The Morgan fingerprint density at radius 3 is 2.77 bits per heavy atom. The molecule has 0 aliphatic rings. The van der Waals surface area contributed by atoms with Crippen LogP contribution in [0.3, 0.4) is 0 Å². The molecule has 1 unspecified atom stereocenters. The Morgan fingerprint density at radius 1 is 1.46 bits per heavy atom. The van der Waals surface area contributed by atoms with Crippen molar-refractivity contribution in [1.82, 2.24) is 0 Å². The van der Waals surface area contributed by atoms with Crippen LogP contribution >= 0.6 is 23.1 Å². The molecule has 13 heavy (non-hydrogen) atoms. The SMILES string of the molecule is CC(C)CSCC(N)c1ccsc1. The smallest absolute Gasteiger partial charge is 0.0395 e. The summed E-state index contributed by atoms with van der Waals surface area (Å²) in [5, 5.41) is 4.23. The van der Waals surface area contributed by atoms with Crippen molar-refractivity contribution in [2.45, 2.75) is 19.9 Å². The molecular formula is C10H17NS2. The second-order valence-corrected chi connectivity index (χ2v) is 5.45. The molecule has 0 aliphatic heterocycles. The number of thioether (sulfide) groups is 1. The lowest BCUT2D eigenvalue weighted by Gasteiger charge is -2.10. The van der Waals surface area contributed by atoms with E-state index in [4.69, 9.17) is 5.73 Å². The molecule has 0 fully saturated rings. The van der Waals surface area contributed by atoms with Gasteiger partial charge in [0.1, 0.15) is 0 Å². The topological polar surface area (TPSA) is 26.0 Å². The van der Waals surface area contributed by atoms with E-state index in [2.05, 4.69) is 30.7 Å². The van der Waals surface area contributed by atoms with Gasteiger partial charge in [0, 0.05) is 11.8 Å². The summed E-state index contributed by atoms with van der Waals surface area (Å²) >= 11 is 3.67. The van der Waals surface area contributed by atoms with Gasteiger partial charge in [0.25, 0.3) is 0 Å². The van der Waals surface area contributed by atoms with Gasteiger partial charge in [-0.2, -0.15) is 23.1 Å². The van der Waals surface area contributed by atoms with Gasteiger partial charge in [0.05, 0.1) is 0 Å². The number of rotatable bonds is 5. The highest BCUT2D eigenvalue weighted by Gasteiger charge is 2.06.